The minimum Gasteiger partial charge on any atom is -0.368 e. The maximum absolute atomic E-state index is 6.69. The van der Waals surface area contributed by atoms with Gasteiger partial charge < -0.3 is 9.54 Å². The van der Waals surface area contributed by atoms with Crippen molar-refractivity contribution in [3.63, 3.8) is 0 Å². The van der Waals surface area contributed by atoms with Gasteiger partial charge in [-0.1, -0.05) is 6.07 Å². The van der Waals surface area contributed by atoms with E-state index < -0.39 is 0 Å². The Kier molecular flexibility index (Phi) is 16.8. The molecule has 0 aliphatic carbocycles. The van der Waals surface area contributed by atoms with Gasteiger partial charge in [-0.15, -0.1) is 0 Å². The van der Waals surface area contributed by atoms with Gasteiger partial charge in [-0.2, -0.15) is 0 Å². The fraction of sp³-hybridized carbons (Fsp3) is 0. The minimum atomic E-state index is 0. The number of hydrogen-bond acceptors (Lipinski definition) is 3. The molecule has 0 atom stereocenters. The third-order valence-electron chi connectivity index (χ3n) is 1.06. The molecule has 3 nitrogen and oxygen atoms in total. The van der Waals surface area contributed by atoms with Crippen LogP contribution in [0.1, 0.15) is 0 Å². The largest absolute Gasteiger partial charge is 0.368 e. The summed E-state index contributed by atoms with van der Waals surface area (Å²) in [6.45, 7) is 0. The van der Waals surface area contributed by atoms with Crippen molar-refractivity contribution >= 4 is 12.9 Å². The van der Waals surface area contributed by atoms with E-state index in [1.54, 1.807) is 12.4 Å². The van der Waals surface area contributed by atoms with Crippen molar-refractivity contribution in [3.8, 4) is 0 Å². The summed E-state index contributed by atoms with van der Waals surface area (Å²) in [5, 5.41) is 0. The molecule has 0 aliphatic heterocycles. The van der Waals surface area contributed by atoms with Crippen molar-refractivity contribution in [1.82, 2.24) is 9.97 Å². The molecule has 2 rings (SSSR count). The van der Waals surface area contributed by atoms with Gasteiger partial charge in [-0.3, -0.25) is 4.98 Å². The third-order valence-corrected chi connectivity index (χ3v) is 1.06. The molecule has 2 N–H and O–H groups in total. The molecule has 0 spiro atoms. The maximum Gasteiger partial charge on any atom is 0.0267 e. The summed E-state index contributed by atoms with van der Waals surface area (Å²) >= 11 is 2.53. The van der Waals surface area contributed by atoms with Gasteiger partial charge in [0, 0.05) is 44.3 Å². The van der Waals surface area contributed by atoms with Gasteiger partial charge in [0.2, 0.25) is 0 Å². The van der Waals surface area contributed by atoms with Gasteiger partial charge in [0.15, 0.2) is 0 Å². The van der Waals surface area contributed by atoms with Crippen molar-refractivity contribution in [1.29, 1.82) is 0 Å². The first-order chi connectivity index (χ1) is 6.50. The Morgan fingerprint density at radius 2 is 1.36 bits per heavy atom. The molecular formula is C9H12N2OSZn. The summed E-state index contributed by atoms with van der Waals surface area (Å²) in [4.78, 5) is 6.65. The van der Waals surface area contributed by atoms with Gasteiger partial charge in [-0.05, 0) is 37.2 Å². The summed E-state index contributed by atoms with van der Waals surface area (Å²) in [5.41, 5.74) is 0. The average Bonchev–Trinajstić information content (AvgIpc) is 2.82. The Bertz CT molecular complexity index is 209. The first-order valence-electron chi connectivity index (χ1n) is 3.63. The molecule has 0 saturated heterocycles. The average molecular weight is 262 g/mol. The number of H-pyrrole nitrogens is 1. The van der Waals surface area contributed by atoms with Crippen LogP contribution in [0.3, 0.4) is 0 Å². The number of rotatable bonds is 0. The van der Waals surface area contributed by atoms with Crippen LogP contribution in [-0.4, -0.2) is 14.5 Å². The predicted octanol–water partition coefficient (Wildman–Crippen LogP) is 2.48. The molecular weight excluding hydrogens is 250 g/mol. The van der Waals surface area contributed by atoms with Gasteiger partial charge >= 0.3 is 0 Å². The molecule has 0 saturated carbocycles. The summed E-state index contributed by atoms with van der Waals surface area (Å²) < 4.78 is 6.69. The molecule has 2 aromatic heterocycles. The first-order valence-corrected chi connectivity index (χ1v) is 4.03. The van der Waals surface area contributed by atoms with Crippen LogP contribution in [0.15, 0.2) is 55.1 Å². The molecule has 72 valence electrons. The molecule has 2 heterocycles. The van der Waals surface area contributed by atoms with Crippen LogP contribution in [0.5, 0.6) is 0 Å². The van der Waals surface area contributed by atoms with Crippen molar-refractivity contribution < 1.29 is 24.0 Å². The molecule has 0 aliphatic rings. The predicted molar refractivity (Wildman–Crippen MR) is 56.6 cm³/mol. The van der Waals surface area contributed by atoms with Crippen LogP contribution in [0.2, 0.25) is 0 Å². The Morgan fingerprint density at radius 3 is 1.50 bits per heavy atom. The number of hydrogen-bond donors (Lipinski definition) is 3. The SMILES string of the molecule is OS.[Zn].c1cc[nH]c1.c1ccncc1. The monoisotopic (exact) mass is 260 g/mol. The van der Waals surface area contributed by atoms with Crippen molar-refractivity contribution in [2.24, 2.45) is 0 Å². The molecule has 0 unspecified atom stereocenters. The van der Waals surface area contributed by atoms with E-state index in [2.05, 4.69) is 22.9 Å². The molecule has 2 aromatic rings. The topological polar surface area (TPSA) is 48.9 Å². The van der Waals surface area contributed by atoms with E-state index in [9.17, 15) is 0 Å². The Morgan fingerprint density at radius 1 is 0.857 bits per heavy atom. The quantitative estimate of drug-likeness (QED) is 0.388. The number of nitrogens with zero attached hydrogens (tertiary/aromatic N) is 1. The fourth-order valence-electron chi connectivity index (χ4n) is 0.590. The maximum atomic E-state index is 6.69. The Labute approximate surface area is 102 Å². The van der Waals surface area contributed by atoms with Crippen molar-refractivity contribution in [2.45, 2.75) is 0 Å². The van der Waals surface area contributed by atoms with E-state index in [1.165, 1.54) is 0 Å². The normalized spacial score (nSPS) is 6.71. The van der Waals surface area contributed by atoms with Crippen LogP contribution < -0.4 is 0 Å². The Balaban J connectivity index is 0. The van der Waals surface area contributed by atoms with E-state index >= 15 is 0 Å². The summed E-state index contributed by atoms with van der Waals surface area (Å²) in [5.74, 6) is 0. The van der Waals surface area contributed by atoms with Crippen LogP contribution in [0.4, 0.5) is 0 Å². The molecule has 0 bridgehead atoms. The molecule has 0 amide bonds. The zero-order valence-electron chi connectivity index (χ0n) is 7.74. The van der Waals surface area contributed by atoms with Crippen molar-refractivity contribution in [2.75, 3.05) is 0 Å². The molecule has 5 heteroatoms. The standard InChI is InChI=1S/C5H5N.C4H5N.H2OS.Zn/c1-2-4-6-5-3-1;1-2-4-5-3-1;1-2;/h1-5H;1-5H;1-2H;. The van der Waals surface area contributed by atoms with E-state index in [-0.39, 0.29) is 19.5 Å². The number of aromatic nitrogens is 2. The molecule has 0 fully saturated rings. The van der Waals surface area contributed by atoms with Gasteiger partial charge in [0.05, 0.1) is 0 Å². The fourth-order valence-corrected chi connectivity index (χ4v) is 0.590. The number of thiol groups is 1. The zero-order valence-corrected chi connectivity index (χ0v) is 11.6. The van der Waals surface area contributed by atoms with Gasteiger partial charge in [0.1, 0.15) is 0 Å². The first kappa shape index (κ1) is 15.8. The minimum absolute atomic E-state index is 0. The summed E-state index contributed by atoms with van der Waals surface area (Å²) in [6, 6.07) is 9.60. The summed E-state index contributed by atoms with van der Waals surface area (Å²) in [6.07, 6.45) is 7.25. The molecule has 0 aromatic carbocycles. The smallest absolute Gasteiger partial charge is 0.0267 e. The summed E-state index contributed by atoms with van der Waals surface area (Å²) in [7, 11) is 0. The Hall–Kier alpha value is -0.637. The molecule has 14 heavy (non-hydrogen) atoms. The van der Waals surface area contributed by atoms with Crippen LogP contribution in [0, 0.1) is 0 Å². The zero-order chi connectivity index (χ0) is 9.78. The van der Waals surface area contributed by atoms with Crippen LogP contribution >= 0.6 is 12.9 Å². The van der Waals surface area contributed by atoms with E-state index in [1.807, 2.05) is 42.7 Å². The van der Waals surface area contributed by atoms with Gasteiger partial charge in [-0.25, -0.2) is 0 Å². The van der Waals surface area contributed by atoms with Crippen LogP contribution in [-0.2, 0) is 19.5 Å². The second-order valence-electron chi connectivity index (χ2n) is 1.91. The second kappa shape index (κ2) is 14.9. The second-order valence-corrected chi connectivity index (χ2v) is 1.91. The van der Waals surface area contributed by atoms with E-state index in [0.717, 1.165) is 0 Å². The third kappa shape index (κ3) is 11.4. The molecule has 0 radical (unpaired) electrons. The van der Waals surface area contributed by atoms with Crippen LogP contribution in [0.25, 0.3) is 0 Å². The van der Waals surface area contributed by atoms with E-state index in [4.69, 9.17) is 4.55 Å². The number of nitrogens with one attached hydrogen (secondary N) is 1. The van der Waals surface area contributed by atoms with E-state index in [0.29, 0.717) is 0 Å². The van der Waals surface area contributed by atoms with Crippen molar-refractivity contribution in [3.05, 3.63) is 55.1 Å². The number of aromatic amines is 1. The van der Waals surface area contributed by atoms with Gasteiger partial charge in [0.25, 0.3) is 0 Å². The number of pyridine rings is 1.